The predicted octanol–water partition coefficient (Wildman–Crippen LogP) is 5.82. The highest BCUT2D eigenvalue weighted by Gasteiger charge is 2.11. The lowest BCUT2D eigenvalue weighted by Crippen LogP contribution is -2.05. The molecule has 0 saturated heterocycles. The minimum absolute atomic E-state index is 0.133. The highest BCUT2D eigenvalue weighted by atomic mass is 32.1. The molecule has 0 amide bonds. The summed E-state index contributed by atoms with van der Waals surface area (Å²) in [4.78, 5) is 0. The topological polar surface area (TPSA) is 25.2 Å². The molecule has 2 aromatic heterocycles. The zero-order valence-corrected chi connectivity index (χ0v) is 12.5. The average molecular weight is 293 g/mol. The van der Waals surface area contributed by atoms with Crippen LogP contribution in [0, 0.1) is 0 Å². The summed E-state index contributed by atoms with van der Waals surface area (Å²) in [6, 6.07) is 19.0. The van der Waals surface area contributed by atoms with Crippen LogP contribution in [0.15, 0.2) is 64.4 Å². The van der Waals surface area contributed by atoms with Crippen LogP contribution in [0.5, 0.6) is 0 Å². The monoisotopic (exact) mass is 293 g/mol. The van der Waals surface area contributed by atoms with E-state index in [1.54, 1.807) is 11.3 Å². The molecule has 21 heavy (non-hydrogen) atoms. The van der Waals surface area contributed by atoms with Crippen molar-refractivity contribution >= 4 is 38.1 Å². The fourth-order valence-corrected chi connectivity index (χ4v) is 3.36. The van der Waals surface area contributed by atoms with Gasteiger partial charge in [-0.15, -0.1) is 11.3 Å². The van der Waals surface area contributed by atoms with E-state index >= 15 is 0 Å². The van der Waals surface area contributed by atoms with Gasteiger partial charge in [-0.2, -0.15) is 0 Å². The summed E-state index contributed by atoms with van der Waals surface area (Å²) < 4.78 is 7.23. The van der Waals surface area contributed by atoms with Gasteiger partial charge >= 0.3 is 0 Å². The second-order valence-corrected chi connectivity index (χ2v) is 6.17. The first-order valence-electron chi connectivity index (χ1n) is 7.02. The zero-order chi connectivity index (χ0) is 14.2. The van der Waals surface area contributed by atoms with E-state index in [0.717, 1.165) is 22.4 Å². The van der Waals surface area contributed by atoms with Crippen molar-refractivity contribution in [3.63, 3.8) is 0 Å². The molecule has 0 radical (unpaired) electrons. The molecule has 0 bridgehead atoms. The van der Waals surface area contributed by atoms with Crippen molar-refractivity contribution in [1.29, 1.82) is 0 Å². The highest BCUT2D eigenvalue weighted by molar-refractivity contribution is 7.17. The Labute approximate surface area is 127 Å². The van der Waals surface area contributed by atoms with E-state index in [0.29, 0.717) is 0 Å². The molecule has 2 nitrogen and oxygen atoms in total. The van der Waals surface area contributed by atoms with Gasteiger partial charge in [0, 0.05) is 15.8 Å². The largest absolute Gasteiger partial charge is 0.459 e. The first kappa shape index (κ1) is 12.5. The number of fused-ring (bicyclic) bond motifs is 2. The molecule has 0 aliphatic heterocycles. The van der Waals surface area contributed by atoms with Crippen molar-refractivity contribution < 1.29 is 4.42 Å². The Morgan fingerprint density at radius 1 is 1.00 bits per heavy atom. The normalized spacial score (nSPS) is 12.8. The number of hydrogen-bond donors (Lipinski definition) is 1. The maximum absolute atomic E-state index is 5.91. The SMILES string of the molecule is CC(Nc1ccc2sccc2c1)c1cc2ccccc2o1. The van der Waals surface area contributed by atoms with Gasteiger partial charge in [-0.05, 0) is 54.1 Å². The Morgan fingerprint density at radius 3 is 2.81 bits per heavy atom. The van der Waals surface area contributed by atoms with Gasteiger partial charge in [-0.3, -0.25) is 0 Å². The van der Waals surface area contributed by atoms with Crippen LogP contribution in [0.1, 0.15) is 18.7 Å². The fraction of sp³-hybridized carbons (Fsp3) is 0.111. The predicted molar refractivity (Wildman–Crippen MR) is 90.1 cm³/mol. The minimum atomic E-state index is 0.133. The van der Waals surface area contributed by atoms with Crippen LogP contribution >= 0.6 is 11.3 Å². The lowest BCUT2D eigenvalue weighted by molar-refractivity contribution is 0.526. The molecule has 0 saturated carbocycles. The van der Waals surface area contributed by atoms with Crippen molar-refractivity contribution in [3.05, 3.63) is 65.7 Å². The number of anilines is 1. The molecule has 3 heteroatoms. The maximum Gasteiger partial charge on any atom is 0.134 e. The Bertz CT molecular complexity index is 873. The summed E-state index contributed by atoms with van der Waals surface area (Å²) in [5.74, 6) is 0.960. The van der Waals surface area contributed by atoms with Gasteiger partial charge in [0.15, 0.2) is 0 Å². The molecule has 0 spiro atoms. The molecule has 1 N–H and O–H groups in total. The van der Waals surface area contributed by atoms with Gasteiger partial charge in [0.05, 0.1) is 6.04 Å². The van der Waals surface area contributed by atoms with E-state index in [4.69, 9.17) is 4.42 Å². The van der Waals surface area contributed by atoms with Gasteiger partial charge in [0.1, 0.15) is 11.3 Å². The first-order valence-corrected chi connectivity index (χ1v) is 7.90. The van der Waals surface area contributed by atoms with Gasteiger partial charge in [-0.25, -0.2) is 0 Å². The van der Waals surface area contributed by atoms with Crippen molar-refractivity contribution in [3.8, 4) is 0 Å². The van der Waals surface area contributed by atoms with Gasteiger partial charge in [-0.1, -0.05) is 18.2 Å². The van der Waals surface area contributed by atoms with Crippen LogP contribution in [0.25, 0.3) is 21.1 Å². The number of benzene rings is 2. The van der Waals surface area contributed by atoms with Crippen LogP contribution in [0.3, 0.4) is 0 Å². The van der Waals surface area contributed by atoms with E-state index in [9.17, 15) is 0 Å². The first-order chi connectivity index (χ1) is 10.3. The smallest absolute Gasteiger partial charge is 0.134 e. The Balaban J connectivity index is 1.63. The minimum Gasteiger partial charge on any atom is -0.459 e. The van der Waals surface area contributed by atoms with Crippen molar-refractivity contribution in [2.24, 2.45) is 0 Å². The standard InChI is InChI=1S/C18H15NOS/c1-12(17-11-13-4-2-3-5-16(13)20-17)19-15-6-7-18-14(10-15)8-9-21-18/h2-12,19H,1H3. The van der Waals surface area contributed by atoms with Crippen LogP contribution in [-0.2, 0) is 0 Å². The fourth-order valence-electron chi connectivity index (χ4n) is 2.59. The Hall–Kier alpha value is -2.26. The third kappa shape index (κ3) is 2.30. The number of nitrogens with one attached hydrogen (secondary N) is 1. The molecule has 1 unspecified atom stereocenters. The average Bonchev–Trinajstić information content (AvgIpc) is 3.13. The highest BCUT2D eigenvalue weighted by Crippen LogP contribution is 2.28. The lowest BCUT2D eigenvalue weighted by Gasteiger charge is -2.12. The Morgan fingerprint density at radius 2 is 1.90 bits per heavy atom. The zero-order valence-electron chi connectivity index (χ0n) is 11.7. The third-order valence-electron chi connectivity index (χ3n) is 3.71. The Kier molecular flexibility index (Phi) is 2.93. The molecule has 2 heterocycles. The van der Waals surface area contributed by atoms with Crippen LogP contribution < -0.4 is 5.32 Å². The number of thiophene rings is 1. The van der Waals surface area contributed by atoms with E-state index in [-0.39, 0.29) is 6.04 Å². The molecule has 1 atom stereocenters. The lowest BCUT2D eigenvalue weighted by atomic mass is 10.2. The third-order valence-corrected chi connectivity index (χ3v) is 4.60. The van der Waals surface area contributed by atoms with Crippen LogP contribution in [0.4, 0.5) is 5.69 Å². The maximum atomic E-state index is 5.91. The number of hydrogen-bond acceptors (Lipinski definition) is 3. The molecule has 0 aliphatic rings. The molecule has 104 valence electrons. The summed E-state index contributed by atoms with van der Waals surface area (Å²) in [5.41, 5.74) is 2.06. The summed E-state index contributed by atoms with van der Waals surface area (Å²) in [5, 5.41) is 8.06. The second kappa shape index (κ2) is 4.93. The molecule has 4 aromatic rings. The van der Waals surface area contributed by atoms with E-state index in [2.05, 4.69) is 54.0 Å². The summed E-state index contributed by atoms with van der Waals surface area (Å²) >= 11 is 1.77. The van der Waals surface area contributed by atoms with Gasteiger partial charge < -0.3 is 9.73 Å². The number of rotatable bonds is 3. The summed E-state index contributed by atoms with van der Waals surface area (Å²) in [6.45, 7) is 2.12. The molecular formula is C18H15NOS. The molecular weight excluding hydrogens is 278 g/mol. The quantitative estimate of drug-likeness (QED) is 0.515. The van der Waals surface area contributed by atoms with E-state index in [1.807, 2.05) is 18.2 Å². The number of furan rings is 1. The van der Waals surface area contributed by atoms with Crippen LogP contribution in [-0.4, -0.2) is 0 Å². The number of para-hydroxylation sites is 1. The summed E-state index contributed by atoms with van der Waals surface area (Å²) in [6.07, 6.45) is 0. The molecule has 0 aliphatic carbocycles. The molecule has 4 rings (SSSR count). The van der Waals surface area contributed by atoms with Crippen molar-refractivity contribution in [1.82, 2.24) is 0 Å². The van der Waals surface area contributed by atoms with Gasteiger partial charge in [0.2, 0.25) is 0 Å². The van der Waals surface area contributed by atoms with Crippen LogP contribution in [0.2, 0.25) is 0 Å². The molecule has 2 aromatic carbocycles. The van der Waals surface area contributed by atoms with Crippen molar-refractivity contribution in [2.45, 2.75) is 13.0 Å². The molecule has 0 fully saturated rings. The summed E-state index contributed by atoms with van der Waals surface area (Å²) in [7, 11) is 0. The van der Waals surface area contributed by atoms with E-state index < -0.39 is 0 Å². The van der Waals surface area contributed by atoms with Crippen molar-refractivity contribution in [2.75, 3.05) is 5.32 Å². The van der Waals surface area contributed by atoms with Gasteiger partial charge in [0.25, 0.3) is 0 Å². The second-order valence-electron chi connectivity index (χ2n) is 5.23. The van der Waals surface area contributed by atoms with E-state index in [1.165, 1.54) is 10.1 Å².